The number of nitriles is 1. The highest BCUT2D eigenvalue weighted by molar-refractivity contribution is 6.23. The third-order valence-corrected chi connectivity index (χ3v) is 12.4. The van der Waals surface area contributed by atoms with Crippen molar-refractivity contribution in [1.82, 2.24) is 24.9 Å². The summed E-state index contributed by atoms with van der Waals surface area (Å²) in [4.78, 5) is 71.8. The van der Waals surface area contributed by atoms with Gasteiger partial charge in [-0.1, -0.05) is 0 Å². The zero-order chi connectivity index (χ0) is 40.4. The van der Waals surface area contributed by atoms with Crippen molar-refractivity contribution in [3.05, 3.63) is 71.0 Å². The van der Waals surface area contributed by atoms with Crippen molar-refractivity contribution >= 4 is 46.6 Å². The standard InChI is InChI=1S/C40H42F3N9O5/c1-38(2,37(57)46-25-4-3-24(19-44)31(17-25)40(41,42)43)51-21-28(20-45-51)48-13-9-26(10-14-48)50-22-39(23-50)11-15-49(16-12-39)27-5-6-29-30(18-27)36(56)52(35(29)55)32-7-8-33(53)47-34(32)54/h3-6,17-18,20-21,26,32H,7-16,22-23H2,1-2H3,(H,46,57)(H,47,53,54). The fraction of sp³-hybridized carbons (Fsp3) is 0.475. The lowest BCUT2D eigenvalue weighted by Gasteiger charge is -2.57. The number of carbonyl (C=O) groups is 5. The second-order valence-corrected chi connectivity index (χ2v) is 16.3. The van der Waals surface area contributed by atoms with Gasteiger partial charge in [0.05, 0.1) is 40.2 Å². The Kier molecular flexibility index (Phi) is 9.37. The molecule has 1 atom stereocenters. The van der Waals surface area contributed by atoms with Crippen LogP contribution in [0.1, 0.15) is 84.2 Å². The van der Waals surface area contributed by atoms with E-state index in [0.29, 0.717) is 6.04 Å². The number of likely N-dealkylation sites (tertiary alicyclic amines) is 1. The van der Waals surface area contributed by atoms with E-state index in [9.17, 15) is 37.1 Å². The van der Waals surface area contributed by atoms with E-state index in [2.05, 4.69) is 30.4 Å². The van der Waals surface area contributed by atoms with Crippen molar-refractivity contribution < 1.29 is 37.1 Å². The second kappa shape index (κ2) is 14.0. The molecule has 5 aliphatic rings. The maximum absolute atomic E-state index is 13.5. The summed E-state index contributed by atoms with van der Waals surface area (Å²) in [6, 6.07) is 9.36. The zero-order valence-corrected chi connectivity index (χ0v) is 31.6. The quantitative estimate of drug-likeness (QED) is 0.333. The number of imide groups is 2. The van der Waals surface area contributed by atoms with Crippen molar-refractivity contribution in [2.45, 2.75) is 76.2 Å². The predicted molar refractivity (Wildman–Crippen MR) is 200 cm³/mol. The Balaban J connectivity index is 0.815. The first kappa shape index (κ1) is 38.1. The number of hydrogen-bond acceptors (Lipinski definition) is 10. The molecular weight excluding hydrogens is 743 g/mol. The number of rotatable bonds is 7. The van der Waals surface area contributed by atoms with E-state index in [1.807, 2.05) is 6.07 Å². The summed E-state index contributed by atoms with van der Waals surface area (Å²) < 4.78 is 41.9. The lowest BCUT2D eigenvalue weighted by molar-refractivity contribution is -0.138. The summed E-state index contributed by atoms with van der Waals surface area (Å²) in [7, 11) is 0. The van der Waals surface area contributed by atoms with E-state index in [-0.39, 0.29) is 35.1 Å². The van der Waals surface area contributed by atoms with Gasteiger partial charge in [0, 0.05) is 69.3 Å². The Morgan fingerprint density at radius 3 is 2.26 bits per heavy atom. The molecular formula is C40H42F3N9O5. The molecule has 4 saturated heterocycles. The third-order valence-electron chi connectivity index (χ3n) is 12.4. The molecule has 6 heterocycles. The van der Waals surface area contributed by atoms with Gasteiger partial charge in [0.1, 0.15) is 11.6 Å². The average Bonchev–Trinajstić information content (AvgIpc) is 3.77. The first-order chi connectivity index (χ1) is 27.1. The van der Waals surface area contributed by atoms with Crippen LogP contribution in [0.25, 0.3) is 0 Å². The van der Waals surface area contributed by atoms with E-state index in [4.69, 9.17) is 5.26 Å². The van der Waals surface area contributed by atoms with Gasteiger partial charge in [-0.15, -0.1) is 0 Å². The molecule has 0 radical (unpaired) electrons. The molecule has 1 aromatic heterocycles. The molecule has 2 aromatic carbocycles. The highest BCUT2D eigenvalue weighted by Gasteiger charge is 2.48. The lowest BCUT2D eigenvalue weighted by atomic mass is 9.70. The number of halogens is 3. The van der Waals surface area contributed by atoms with Crippen molar-refractivity contribution in [3.8, 4) is 6.07 Å². The van der Waals surface area contributed by atoms with Gasteiger partial charge in [0.25, 0.3) is 17.7 Å². The van der Waals surface area contributed by atoms with Crippen LogP contribution in [0.4, 0.5) is 30.2 Å². The summed E-state index contributed by atoms with van der Waals surface area (Å²) in [6.07, 6.45) is 2.89. The van der Waals surface area contributed by atoms with Gasteiger partial charge in [-0.2, -0.15) is 23.5 Å². The number of nitrogens with zero attached hydrogens (tertiary/aromatic N) is 7. The van der Waals surface area contributed by atoms with Gasteiger partial charge >= 0.3 is 6.18 Å². The molecule has 1 unspecified atom stereocenters. The molecule has 1 spiro atoms. The number of piperidine rings is 3. The van der Waals surface area contributed by atoms with Crippen LogP contribution in [0.2, 0.25) is 0 Å². The minimum atomic E-state index is -4.74. The Hall–Kier alpha value is -5.76. The molecule has 5 aliphatic heterocycles. The summed E-state index contributed by atoms with van der Waals surface area (Å²) in [5, 5.41) is 18.3. The van der Waals surface area contributed by atoms with Crippen LogP contribution in [0.15, 0.2) is 48.8 Å². The smallest absolute Gasteiger partial charge is 0.371 e. The number of fused-ring (bicyclic) bond motifs is 1. The molecule has 298 valence electrons. The predicted octanol–water partition coefficient (Wildman–Crippen LogP) is 4.12. The number of nitrogens with one attached hydrogen (secondary N) is 2. The molecule has 4 fully saturated rings. The SMILES string of the molecule is CC(C)(C(=O)Nc1ccc(C#N)c(C(F)(F)F)c1)n1cc(N2CCC(N3CC4(CCN(c5ccc6c(c5)C(=O)N(C5CCC(=O)NC5=O)C6=O)CC4)C3)CC2)cn1. The number of amides is 5. The van der Waals surface area contributed by atoms with Crippen LogP contribution in [-0.4, -0.2) is 100 Å². The van der Waals surface area contributed by atoms with Crippen LogP contribution in [0, 0.1) is 16.7 Å². The Bertz CT molecular complexity index is 2200. The first-order valence-electron chi connectivity index (χ1n) is 19.1. The van der Waals surface area contributed by atoms with Gasteiger partial charge < -0.3 is 15.1 Å². The van der Waals surface area contributed by atoms with E-state index >= 15 is 0 Å². The number of anilines is 3. The number of benzene rings is 2. The Labute approximate surface area is 326 Å². The molecule has 2 N–H and O–H groups in total. The number of aromatic nitrogens is 2. The Morgan fingerprint density at radius 1 is 0.912 bits per heavy atom. The topological polar surface area (TPSA) is 164 Å². The molecule has 14 nitrogen and oxygen atoms in total. The minimum Gasteiger partial charge on any atom is -0.371 e. The molecule has 0 saturated carbocycles. The molecule has 3 aromatic rings. The van der Waals surface area contributed by atoms with Crippen molar-refractivity contribution in [1.29, 1.82) is 5.26 Å². The van der Waals surface area contributed by atoms with Gasteiger partial charge in [0.2, 0.25) is 11.8 Å². The van der Waals surface area contributed by atoms with Gasteiger partial charge in [-0.3, -0.25) is 43.8 Å². The highest BCUT2D eigenvalue weighted by Crippen LogP contribution is 2.44. The van der Waals surface area contributed by atoms with E-state index in [1.54, 1.807) is 44.4 Å². The number of hydrogen-bond donors (Lipinski definition) is 2. The van der Waals surface area contributed by atoms with Crippen LogP contribution in [0.5, 0.6) is 0 Å². The number of alkyl halides is 3. The fourth-order valence-corrected chi connectivity index (χ4v) is 8.90. The van der Waals surface area contributed by atoms with E-state index < -0.39 is 58.4 Å². The largest absolute Gasteiger partial charge is 0.417 e. The maximum atomic E-state index is 13.5. The van der Waals surface area contributed by atoms with E-state index in [1.165, 1.54) is 10.7 Å². The molecule has 0 aliphatic carbocycles. The fourth-order valence-electron chi connectivity index (χ4n) is 8.90. The molecule has 0 bridgehead atoms. The van der Waals surface area contributed by atoms with Gasteiger partial charge in [-0.05, 0) is 87.8 Å². The Morgan fingerprint density at radius 2 is 1.60 bits per heavy atom. The summed E-state index contributed by atoms with van der Waals surface area (Å²) in [5.74, 6) is -2.60. The van der Waals surface area contributed by atoms with Gasteiger partial charge in [-0.25, -0.2) is 0 Å². The van der Waals surface area contributed by atoms with E-state index in [0.717, 1.165) is 93.4 Å². The first-order valence-corrected chi connectivity index (χ1v) is 19.1. The van der Waals surface area contributed by atoms with Gasteiger partial charge in [0.15, 0.2) is 0 Å². The average molecular weight is 786 g/mol. The van der Waals surface area contributed by atoms with Crippen LogP contribution in [-0.2, 0) is 26.1 Å². The summed E-state index contributed by atoms with van der Waals surface area (Å²) in [6.45, 7) is 8.59. The molecule has 5 amide bonds. The number of carbonyl (C=O) groups excluding carboxylic acids is 5. The highest BCUT2D eigenvalue weighted by atomic mass is 19.4. The third kappa shape index (κ3) is 6.89. The molecule has 8 rings (SSSR count). The van der Waals surface area contributed by atoms with Crippen molar-refractivity contribution in [2.24, 2.45) is 5.41 Å². The van der Waals surface area contributed by atoms with Crippen molar-refractivity contribution in [3.63, 3.8) is 0 Å². The molecule has 57 heavy (non-hydrogen) atoms. The monoisotopic (exact) mass is 785 g/mol. The second-order valence-electron chi connectivity index (χ2n) is 16.3. The van der Waals surface area contributed by atoms with Crippen LogP contribution >= 0.6 is 0 Å². The molecule has 17 heteroatoms. The maximum Gasteiger partial charge on any atom is 0.417 e. The normalized spacial score (nSPS) is 21.7. The summed E-state index contributed by atoms with van der Waals surface area (Å²) in [5.41, 5.74) is -0.390. The summed E-state index contributed by atoms with van der Waals surface area (Å²) >= 11 is 0. The minimum absolute atomic E-state index is 0.0655. The lowest BCUT2D eigenvalue weighted by Crippen LogP contribution is -2.64. The van der Waals surface area contributed by atoms with Crippen LogP contribution in [0.3, 0.4) is 0 Å². The van der Waals surface area contributed by atoms with Crippen LogP contribution < -0.4 is 20.4 Å². The zero-order valence-electron chi connectivity index (χ0n) is 31.6. The van der Waals surface area contributed by atoms with Crippen molar-refractivity contribution in [2.75, 3.05) is 54.4 Å².